The molecule has 0 N–H and O–H groups in total. The molecular weight excluding hydrogens is 553 g/mol. The Hall–Kier alpha value is -2.79. The smallest absolute Gasteiger partial charge is 0.231 e. The summed E-state index contributed by atoms with van der Waals surface area (Å²) in [6.07, 6.45) is 0.909. The first-order chi connectivity index (χ1) is 19.1. The minimum atomic E-state index is -1.83. The molecule has 40 heavy (non-hydrogen) atoms. The van der Waals surface area contributed by atoms with Crippen LogP contribution in [0.4, 0.5) is 27.2 Å². The highest BCUT2D eigenvalue weighted by Gasteiger charge is 2.44. The van der Waals surface area contributed by atoms with Gasteiger partial charge in [0.2, 0.25) is 5.13 Å². The summed E-state index contributed by atoms with van der Waals surface area (Å²) < 4.78 is 7.75. The highest BCUT2D eigenvalue weighted by atomic mass is 32.1. The third-order valence-electron chi connectivity index (χ3n) is 7.33. The van der Waals surface area contributed by atoms with Crippen LogP contribution in [0.15, 0.2) is 75.1 Å². The normalized spacial score (nSPS) is 12.8. The number of hydrogen-bond donors (Lipinski definition) is 0. The summed E-state index contributed by atoms with van der Waals surface area (Å²) in [6, 6.07) is 18.2. The van der Waals surface area contributed by atoms with E-state index in [1.165, 1.54) is 28.2 Å². The number of nitrogens with zero attached hydrogens (tertiary/aromatic N) is 6. The average Bonchev–Trinajstić information content (AvgIpc) is 3.47. The number of hydrogen-bond acceptors (Lipinski definition) is 9. The van der Waals surface area contributed by atoms with Gasteiger partial charge in [0.25, 0.3) is 0 Å². The Labute approximate surface area is 247 Å². The number of fused-ring (bicyclic) bond motifs is 1. The first-order valence-corrected chi connectivity index (χ1v) is 17.6. The first-order valence-electron chi connectivity index (χ1n) is 13.8. The number of azo groups is 2. The summed E-state index contributed by atoms with van der Waals surface area (Å²) in [5.41, 5.74) is 5.81. The van der Waals surface area contributed by atoms with E-state index in [9.17, 15) is 0 Å². The molecule has 2 heterocycles. The molecule has 0 unspecified atom stereocenters. The molecule has 0 aliphatic heterocycles. The quantitative estimate of drug-likeness (QED) is 0.121. The van der Waals surface area contributed by atoms with Crippen molar-refractivity contribution in [2.45, 2.75) is 64.6 Å². The van der Waals surface area contributed by atoms with Crippen LogP contribution in [0, 0.1) is 0 Å². The van der Waals surface area contributed by atoms with Gasteiger partial charge in [-0.3, -0.25) is 0 Å². The number of thiophene rings is 1. The van der Waals surface area contributed by atoms with Crippen LogP contribution in [0.5, 0.6) is 0 Å². The fraction of sp³-hybridized carbons (Fsp3) is 0.433. The largest absolute Gasteiger partial charge is 0.416 e. The lowest BCUT2D eigenvalue weighted by Gasteiger charge is -2.42. The molecule has 2 aromatic carbocycles. The van der Waals surface area contributed by atoms with E-state index >= 15 is 0 Å². The van der Waals surface area contributed by atoms with Crippen LogP contribution in [0.3, 0.4) is 0 Å². The summed E-state index contributed by atoms with van der Waals surface area (Å²) in [5, 5.41) is 19.0. The van der Waals surface area contributed by atoms with Gasteiger partial charge in [0, 0.05) is 26.4 Å². The van der Waals surface area contributed by atoms with Crippen LogP contribution in [-0.4, -0.2) is 34.0 Å². The predicted molar refractivity (Wildman–Crippen MR) is 174 cm³/mol. The third kappa shape index (κ3) is 7.09. The van der Waals surface area contributed by atoms with Gasteiger partial charge in [0.15, 0.2) is 8.32 Å². The van der Waals surface area contributed by atoms with Crippen molar-refractivity contribution in [3.63, 3.8) is 0 Å². The van der Waals surface area contributed by atoms with E-state index < -0.39 is 8.32 Å². The molecule has 0 atom stereocenters. The Morgan fingerprint density at radius 1 is 0.775 bits per heavy atom. The van der Waals surface area contributed by atoms with E-state index in [0.717, 1.165) is 44.6 Å². The molecule has 0 saturated carbocycles. The van der Waals surface area contributed by atoms with Gasteiger partial charge in [0.05, 0.1) is 16.1 Å². The van der Waals surface area contributed by atoms with Crippen molar-refractivity contribution >= 4 is 67.7 Å². The van der Waals surface area contributed by atoms with Gasteiger partial charge in [-0.15, -0.1) is 20.5 Å². The molecule has 4 rings (SSSR count). The van der Waals surface area contributed by atoms with Crippen molar-refractivity contribution in [2.75, 3.05) is 25.6 Å². The molecule has 2 aromatic heterocycles. The number of rotatable bonds is 12. The molecule has 0 aliphatic carbocycles. The fourth-order valence-electron chi connectivity index (χ4n) is 5.40. The Balaban J connectivity index is 1.33. The van der Waals surface area contributed by atoms with Gasteiger partial charge in [-0.25, -0.2) is 4.98 Å². The zero-order valence-corrected chi connectivity index (χ0v) is 27.4. The number of benzene rings is 2. The van der Waals surface area contributed by atoms with Gasteiger partial charge < -0.3 is 9.33 Å². The van der Waals surface area contributed by atoms with E-state index in [1.807, 2.05) is 56.6 Å². The van der Waals surface area contributed by atoms with Crippen LogP contribution in [0.1, 0.15) is 47.1 Å². The fourth-order valence-corrected chi connectivity index (χ4v) is 12.7. The van der Waals surface area contributed by atoms with E-state index in [4.69, 9.17) is 4.43 Å². The zero-order chi connectivity index (χ0) is 28.9. The second-order valence-electron chi connectivity index (χ2n) is 11.1. The second kappa shape index (κ2) is 13.2. The van der Waals surface area contributed by atoms with Crippen molar-refractivity contribution in [3.05, 3.63) is 60.2 Å². The summed E-state index contributed by atoms with van der Waals surface area (Å²) in [7, 11) is 2.20. The summed E-state index contributed by atoms with van der Waals surface area (Å²) >= 11 is 3.01. The number of thiazole rings is 1. The molecule has 0 spiro atoms. The summed E-state index contributed by atoms with van der Waals surface area (Å²) in [6.45, 7) is 14.7. The molecular formula is C30H40N6OS2Si. The van der Waals surface area contributed by atoms with Gasteiger partial charge in [-0.05, 0) is 71.1 Å². The van der Waals surface area contributed by atoms with Gasteiger partial charge in [0.1, 0.15) is 9.83 Å². The van der Waals surface area contributed by atoms with E-state index in [0.29, 0.717) is 21.8 Å². The lowest BCUT2D eigenvalue weighted by molar-refractivity contribution is 0.281. The SMILES string of the molecule is CC(C)[Si](OCCc1ccc(N=Nc2cc3sc(N=Nc4ccc(N(C)C)cc4)nc3s2)cc1)(C(C)C)C(C)C. The number of anilines is 1. The minimum absolute atomic E-state index is 0.597. The topological polar surface area (TPSA) is 74.8 Å². The van der Waals surface area contributed by atoms with Gasteiger partial charge >= 0.3 is 0 Å². The predicted octanol–water partition coefficient (Wildman–Crippen LogP) is 11.0. The minimum Gasteiger partial charge on any atom is -0.416 e. The Kier molecular flexibility index (Phi) is 9.99. The monoisotopic (exact) mass is 592 g/mol. The Morgan fingerprint density at radius 2 is 1.35 bits per heavy atom. The maximum atomic E-state index is 6.71. The number of aromatic nitrogens is 1. The lowest BCUT2D eigenvalue weighted by atomic mass is 10.1. The van der Waals surface area contributed by atoms with E-state index in [-0.39, 0.29) is 0 Å². The first kappa shape index (κ1) is 30.2. The van der Waals surface area contributed by atoms with E-state index in [2.05, 4.69) is 84.0 Å². The van der Waals surface area contributed by atoms with Crippen LogP contribution in [-0.2, 0) is 10.8 Å². The van der Waals surface area contributed by atoms with Gasteiger partial charge in [-0.1, -0.05) is 76.3 Å². The zero-order valence-electron chi connectivity index (χ0n) is 24.8. The standard InChI is InChI=1S/C30H40N6OS2Si/c1-20(2)40(21(3)4,22(5)6)37-18-17-23-9-11-24(12-10-23)32-34-28-19-27-29(39-28)31-30(38-27)35-33-25-13-15-26(16-14-25)36(7)8/h9-16,19-22H,17-18H2,1-8H3. The maximum Gasteiger partial charge on any atom is 0.231 e. The summed E-state index contributed by atoms with van der Waals surface area (Å²) in [5.74, 6) is 0. The Morgan fingerprint density at radius 3 is 1.90 bits per heavy atom. The molecule has 0 radical (unpaired) electrons. The highest BCUT2D eigenvalue weighted by molar-refractivity contribution is 7.30. The molecule has 4 aromatic rings. The van der Waals surface area contributed by atoms with Crippen molar-refractivity contribution in [2.24, 2.45) is 20.5 Å². The molecule has 10 heteroatoms. The molecule has 0 aliphatic rings. The van der Waals surface area contributed by atoms with Crippen molar-refractivity contribution in [1.29, 1.82) is 0 Å². The van der Waals surface area contributed by atoms with Crippen molar-refractivity contribution < 1.29 is 4.43 Å². The van der Waals surface area contributed by atoms with Crippen LogP contribution < -0.4 is 4.90 Å². The highest BCUT2D eigenvalue weighted by Crippen LogP contribution is 2.42. The van der Waals surface area contributed by atoms with Crippen molar-refractivity contribution in [3.8, 4) is 0 Å². The third-order valence-corrected chi connectivity index (χ3v) is 15.4. The van der Waals surface area contributed by atoms with Crippen LogP contribution in [0.25, 0.3) is 9.53 Å². The molecule has 0 bridgehead atoms. The molecule has 0 fully saturated rings. The summed E-state index contributed by atoms with van der Waals surface area (Å²) in [4.78, 5) is 7.55. The van der Waals surface area contributed by atoms with Crippen LogP contribution >= 0.6 is 22.7 Å². The second-order valence-corrected chi connectivity index (χ2v) is 18.6. The molecule has 0 amide bonds. The Bertz CT molecular complexity index is 1390. The average molecular weight is 593 g/mol. The van der Waals surface area contributed by atoms with Gasteiger partial charge in [-0.2, -0.15) is 0 Å². The molecule has 212 valence electrons. The maximum absolute atomic E-state index is 6.71. The van der Waals surface area contributed by atoms with E-state index in [1.54, 1.807) is 0 Å². The molecule has 7 nitrogen and oxygen atoms in total. The molecule has 0 saturated heterocycles. The van der Waals surface area contributed by atoms with Crippen LogP contribution in [0.2, 0.25) is 16.6 Å². The van der Waals surface area contributed by atoms with Crippen molar-refractivity contribution in [1.82, 2.24) is 4.98 Å². The lowest BCUT2D eigenvalue weighted by Crippen LogP contribution is -2.48.